The number of nitrogens with zero attached hydrogens (tertiary/aromatic N) is 1. The molecule has 0 amide bonds. The Hall–Kier alpha value is -1.18. The molecule has 24 heavy (non-hydrogen) atoms. The summed E-state index contributed by atoms with van der Waals surface area (Å²) in [5.41, 5.74) is 1.04. The molecule has 5 nitrogen and oxygen atoms in total. The standard InChI is InChI=1S/C17H25N3O2S2/c1-12(2)24(21,22)20-14-9-7-13(8-10-14)11-18-17-19-15-5-3-4-6-16(15)23-17/h3-6,12-14,20H,7-11H2,1-2H3,(H,18,19). The lowest BCUT2D eigenvalue weighted by Gasteiger charge is -2.29. The molecule has 3 rings (SSSR count). The van der Waals surface area contributed by atoms with Crippen LogP contribution in [0, 0.1) is 5.92 Å². The Morgan fingerprint density at radius 2 is 1.92 bits per heavy atom. The van der Waals surface area contributed by atoms with Gasteiger partial charge in [0, 0.05) is 12.6 Å². The minimum absolute atomic E-state index is 0.0936. The van der Waals surface area contributed by atoms with Gasteiger partial charge in [0.2, 0.25) is 10.0 Å². The largest absolute Gasteiger partial charge is 0.361 e. The topological polar surface area (TPSA) is 71.1 Å². The Balaban J connectivity index is 1.47. The zero-order valence-corrected chi connectivity index (χ0v) is 15.8. The zero-order chi connectivity index (χ0) is 17.2. The van der Waals surface area contributed by atoms with Crippen LogP contribution in [0.25, 0.3) is 10.2 Å². The van der Waals surface area contributed by atoms with Crippen molar-refractivity contribution in [1.29, 1.82) is 0 Å². The molecular weight excluding hydrogens is 342 g/mol. The van der Waals surface area contributed by atoms with Crippen LogP contribution < -0.4 is 10.0 Å². The summed E-state index contributed by atoms with van der Waals surface area (Å²) in [4.78, 5) is 4.60. The molecule has 0 radical (unpaired) electrons. The minimum Gasteiger partial charge on any atom is -0.361 e. The summed E-state index contributed by atoms with van der Waals surface area (Å²) in [6, 6.07) is 8.25. The number of anilines is 1. The van der Waals surface area contributed by atoms with E-state index in [1.165, 1.54) is 4.70 Å². The van der Waals surface area contributed by atoms with Gasteiger partial charge in [0.15, 0.2) is 5.13 Å². The van der Waals surface area contributed by atoms with Gasteiger partial charge in [0.05, 0.1) is 15.5 Å². The Morgan fingerprint density at radius 1 is 1.21 bits per heavy atom. The van der Waals surface area contributed by atoms with Crippen molar-refractivity contribution in [2.75, 3.05) is 11.9 Å². The highest BCUT2D eigenvalue weighted by Crippen LogP contribution is 2.28. The molecule has 1 fully saturated rings. The molecule has 1 aliphatic carbocycles. The van der Waals surface area contributed by atoms with Crippen molar-refractivity contribution in [2.45, 2.75) is 50.8 Å². The average molecular weight is 368 g/mol. The summed E-state index contributed by atoms with van der Waals surface area (Å²) in [7, 11) is -3.16. The molecule has 0 unspecified atom stereocenters. The number of aromatic nitrogens is 1. The smallest absolute Gasteiger partial charge is 0.214 e. The average Bonchev–Trinajstić information content (AvgIpc) is 2.96. The van der Waals surface area contributed by atoms with E-state index >= 15 is 0 Å². The number of hydrogen-bond acceptors (Lipinski definition) is 5. The van der Waals surface area contributed by atoms with E-state index in [1.54, 1.807) is 25.2 Å². The van der Waals surface area contributed by atoms with E-state index in [9.17, 15) is 8.42 Å². The number of thiazole rings is 1. The van der Waals surface area contributed by atoms with Crippen LogP contribution in [-0.4, -0.2) is 31.2 Å². The van der Waals surface area contributed by atoms with Gasteiger partial charge in [-0.3, -0.25) is 0 Å². The fraction of sp³-hybridized carbons (Fsp3) is 0.588. The highest BCUT2D eigenvalue weighted by atomic mass is 32.2. The maximum Gasteiger partial charge on any atom is 0.214 e. The Labute approximate surface area is 147 Å². The Bertz CT molecular complexity index is 745. The first-order valence-electron chi connectivity index (χ1n) is 8.54. The monoisotopic (exact) mass is 367 g/mol. The highest BCUT2D eigenvalue weighted by molar-refractivity contribution is 7.90. The van der Waals surface area contributed by atoms with Crippen molar-refractivity contribution in [3.05, 3.63) is 24.3 Å². The van der Waals surface area contributed by atoms with Crippen LogP contribution >= 0.6 is 11.3 Å². The van der Waals surface area contributed by atoms with Gasteiger partial charge < -0.3 is 5.32 Å². The van der Waals surface area contributed by atoms with Gasteiger partial charge in [-0.05, 0) is 57.6 Å². The molecule has 0 saturated heterocycles. The number of para-hydroxylation sites is 1. The SMILES string of the molecule is CC(C)S(=O)(=O)NC1CCC(CNc2nc3ccccc3s2)CC1. The van der Waals surface area contributed by atoms with E-state index in [4.69, 9.17) is 0 Å². The number of fused-ring (bicyclic) bond motifs is 1. The first-order chi connectivity index (χ1) is 11.4. The molecule has 0 bridgehead atoms. The Morgan fingerprint density at radius 3 is 2.58 bits per heavy atom. The summed E-state index contributed by atoms with van der Waals surface area (Å²) >= 11 is 1.68. The quantitative estimate of drug-likeness (QED) is 0.818. The second-order valence-corrected chi connectivity index (χ2v) is 10.1. The molecule has 132 valence electrons. The third kappa shape index (κ3) is 4.26. The van der Waals surface area contributed by atoms with E-state index < -0.39 is 10.0 Å². The minimum atomic E-state index is -3.16. The lowest BCUT2D eigenvalue weighted by Crippen LogP contribution is -2.41. The van der Waals surface area contributed by atoms with Crippen LogP contribution in [0.1, 0.15) is 39.5 Å². The van der Waals surface area contributed by atoms with Gasteiger partial charge in [-0.2, -0.15) is 0 Å². The second-order valence-electron chi connectivity index (χ2n) is 6.80. The summed E-state index contributed by atoms with van der Waals surface area (Å²) in [6.07, 6.45) is 3.92. The van der Waals surface area contributed by atoms with Crippen molar-refractivity contribution in [3.63, 3.8) is 0 Å². The van der Waals surface area contributed by atoms with Crippen LogP contribution in [0.2, 0.25) is 0 Å². The summed E-state index contributed by atoms with van der Waals surface area (Å²) in [5.74, 6) is 0.580. The van der Waals surface area contributed by atoms with E-state index in [2.05, 4.69) is 21.1 Å². The Kier molecular flexibility index (Phi) is 5.42. The van der Waals surface area contributed by atoms with Crippen molar-refractivity contribution in [1.82, 2.24) is 9.71 Å². The lowest BCUT2D eigenvalue weighted by molar-refractivity contribution is 0.323. The molecule has 7 heteroatoms. The lowest BCUT2D eigenvalue weighted by atomic mass is 9.86. The van der Waals surface area contributed by atoms with E-state index in [1.807, 2.05) is 18.2 Å². The van der Waals surface area contributed by atoms with E-state index in [0.717, 1.165) is 42.9 Å². The molecule has 0 aliphatic heterocycles. The fourth-order valence-electron chi connectivity index (χ4n) is 3.03. The van der Waals surface area contributed by atoms with E-state index in [-0.39, 0.29) is 11.3 Å². The normalized spacial score (nSPS) is 22.1. The zero-order valence-electron chi connectivity index (χ0n) is 14.2. The fourth-order valence-corrected chi connectivity index (χ4v) is 4.88. The number of sulfonamides is 1. The summed E-state index contributed by atoms with van der Waals surface area (Å²) in [6.45, 7) is 4.34. The van der Waals surface area contributed by atoms with Crippen LogP contribution in [0.4, 0.5) is 5.13 Å². The summed E-state index contributed by atoms with van der Waals surface area (Å²) in [5, 5.41) is 4.06. The molecule has 1 heterocycles. The summed E-state index contributed by atoms with van der Waals surface area (Å²) < 4.78 is 27.9. The third-order valence-electron chi connectivity index (χ3n) is 4.63. The van der Waals surface area contributed by atoms with Crippen molar-refractivity contribution in [2.24, 2.45) is 5.92 Å². The van der Waals surface area contributed by atoms with Crippen LogP contribution in [0.3, 0.4) is 0 Å². The number of benzene rings is 1. The first kappa shape index (κ1) is 17.6. The van der Waals surface area contributed by atoms with Crippen molar-refractivity contribution < 1.29 is 8.42 Å². The van der Waals surface area contributed by atoms with Crippen LogP contribution in [0.15, 0.2) is 24.3 Å². The number of hydrogen-bond donors (Lipinski definition) is 2. The van der Waals surface area contributed by atoms with Gasteiger partial charge in [0.1, 0.15) is 0 Å². The molecule has 1 aliphatic rings. The molecule has 0 spiro atoms. The predicted octanol–water partition coefficient (Wildman–Crippen LogP) is 3.59. The predicted molar refractivity (Wildman–Crippen MR) is 101 cm³/mol. The van der Waals surface area contributed by atoms with Crippen molar-refractivity contribution >= 4 is 36.7 Å². The van der Waals surface area contributed by atoms with Gasteiger partial charge in [-0.25, -0.2) is 18.1 Å². The molecule has 1 aromatic heterocycles. The van der Waals surface area contributed by atoms with Gasteiger partial charge >= 0.3 is 0 Å². The van der Waals surface area contributed by atoms with Gasteiger partial charge in [-0.15, -0.1) is 0 Å². The van der Waals surface area contributed by atoms with Crippen LogP contribution in [0.5, 0.6) is 0 Å². The van der Waals surface area contributed by atoms with Gasteiger partial charge in [-0.1, -0.05) is 23.5 Å². The number of rotatable bonds is 6. The molecule has 1 aromatic carbocycles. The van der Waals surface area contributed by atoms with Gasteiger partial charge in [0.25, 0.3) is 0 Å². The molecule has 2 N–H and O–H groups in total. The first-order valence-corrected chi connectivity index (χ1v) is 10.9. The molecule has 1 saturated carbocycles. The maximum absolute atomic E-state index is 11.9. The van der Waals surface area contributed by atoms with Crippen molar-refractivity contribution in [3.8, 4) is 0 Å². The number of nitrogens with one attached hydrogen (secondary N) is 2. The molecule has 2 aromatic rings. The maximum atomic E-state index is 11.9. The second kappa shape index (κ2) is 7.37. The third-order valence-corrected chi connectivity index (χ3v) is 7.53. The highest BCUT2D eigenvalue weighted by Gasteiger charge is 2.26. The molecular formula is C17H25N3O2S2. The molecule has 0 atom stereocenters. The van der Waals surface area contributed by atoms with E-state index in [0.29, 0.717) is 5.92 Å². The van der Waals surface area contributed by atoms with Crippen LogP contribution in [-0.2, 0) is 10.0 Å².